The van der Waals surface area contributed by atoms with E-state index in [9.17, 15) is 4.79 Å². The molecule has 3 aromatic heterocycles. The molecule has 0 aliphatic rings. The summed E-state index contributed by atoms with van der Waals surface area (Å²) < 4.78 is 0. The molecule has 0 aromatic carbocycles. The van der Waals surface area contributed by atoms with E-state index in [-0.39, 0.29) is 6.03 Å². The summed E-state index contributed by atoms with van der Waals surface area (Å²) in [6.45, 7) is 2.80. The topological polar surface area (TPSA) is 95.6 Å². The molecule has 0 atom stereocenters. The molecule has 2 amide bonds. The minimum atomic E-state index is -0.239. The summed E-state index contributed by atoms with van der Waals surface area (Å²) >= 11 is 0. The minimum absolute atomic E-state index is 0.239. The number of carbonyl (C=O) groups is 1. The Bertz CT molecular complexity index is 815. The molecule has 7 nitrogen and oxygen atoms in total. The van der Waals surface area contributed by atoms with E-state index in [2.05, 4.69) is 37.7 Å². The van der Waals surface area contributed by atoms with E-state index in [0.717, 1.165) is 41.4 Å². The molecule has 0 aliphatic heterocycles. The lowest BCUT2D eigenvalue weighted by Crippen LogP contribution is -2.29. The van der Waals surface area contributed by atoms with Crippen molar-refractivity contribution in [3.05, 3.63) is 36.8 Å². The van der Waals surface area contributed by atoms with Crippen molar-refractivity contribution in [3.63, 3.8) is 0 Å². The molecular weight excluding hydrogens is 304 g/mol. The van der Waals surface area contributed by atoms with Crippen molar-refractivity contribution < 1.29 is 4.79 Å². The fourth-order valence-corrected chi connectivity index (χ4v) is 2.38. The van der Waals surface area contributed by atoms with Gasteiger partial charge >= 0.3 is 6.03 Å². The van der Waals surface area contributed by atoms with Gasteiger partial charge in [-0.15, -0.1) is 0 Å². The van der Waals surface area contributed by atoms with Gasteiger partial charge in [0.2, 0.25) is 0 Å². The highest BCUT2D eigenvalue weighted by Crippen LogP contribution is 2.21. The van der Waals surface area contributed by atoms with Crippen LogP contribution >= 0.6 is 0 Å². The highest BCUT2D eigenvalue weighted by Gasteiger charge is 2.06. The molecule has 3 aromatic rings. The third kappa shape index (κ3) is 3.87. The number of urea groups is 1. The van der Waals surface area contributed by atoms with Crippen LogP contribution in [0.15, 0.2) is 36.8 Å². The van der Waals surface area contributed by atoms with Crippen LogP contribution in [0.3, 0.4) is 0 Å². The molecule has 0 fully saturated rings. The molecule has 0 saturated carbocycles. The molecule has 7 heteroatoms. The zero-order chi connectivity index (χ0) is 16.8. The van der Waals surface area contributed by atoms with Gasteiger partial charge in [0.25, 0.3) is 0 Å². The summed E-state index contributed by atoms with van der Waals surface area (Å²) in [5.41, 5.74) is 3.36. The quantitative estimate of drug-likeness (QED) is 0.606. The number of nitrogens with zero attached hydrogens (tertiary/aromatic N) is 3. The third-order valence-electron chi connectivity index (χ3n) is 3.68. The number of anilines is 1. The number of aromatic amines is 1. The fraction of sp³-hybridized carbons (Fsp3) is 0.294. The number of carbonyl (C=O) groups excluding carboxylic acids is 1. The predicted octanol–water partition coefficient (Wildman–Crippen LogP) is 3.33. The van der Waals surface area contributed by atoms with Gasteiger partial charge in [-0.2, -0.15) is 5.10 Å². The fourth-order valence-electron chi connectivity index (χ4n) is 2.38. The number of hydrogen-bond donors (Lipinski definition) is 3. The molecule has 3 heterocycles. The highest BCUT2D eigenvalue weighted by atomic mass is 16.2. The van der Waals surface area contributed by atoms with E-state index in [0.29, 0.717) is 12.4 Å². The molecule has 3 N–H and O–H groups in total. The molecule has 0 aliphatic carbocycles. The van der Waals surface area contributed by atoms with Crippen LogP contribution in [0.25, 0.3) is 22.2 Å². The van der Waals surface area contributed by atoms with Gasteiger partial charge in [-0.1, -0.05) is 19.8 Å². The first-order valence-corrected chi connectivity index (χ1v) is 8.07. The van der Waals surface area contributed by atoms with Crippen molar-refractivity contribution >= 4 is 22.9 Å². The lowest BCUT2D eigenvalue weighted by molar-refractivity contribution is 0.252. The summed E-state index contributed by atoms with van der Waals surface area (Å²) in [4.78, 5) is 20.7. The van der Waals surface area contributed by atoms with Crippen molar-refractivity contribution in [3.8, 4) is 11.1 Å². The smallest absolute Gasteiger partial charge is 0.320 e. The molecule has 0 spiro atoms. The van der Waals surface area contributed by atoms with Gasteiger partial charge in [0.15, 0.2) is 0 Å². The SMILES string of the molecule is CCCCCNC(=O)Nc1ccc2ncc(-c3cn[nH]c3)cc2n1. The maximum absolute atomic E-state index is 11.9. The number of fused-ring (bicyclic) bond motifs is 1. The molecule has 24 heavy (non-hydrogen) atoms. The Kier molecular flexibility index (Phi) is 5.00. The first kappa shape index (κ1) is 15.9. The molecule has 124 valence electrons. The van der Waals surface area contributed by atoms with Gasteiger partial charge in [0.1, 0.15) is 5.82 Å². The van der Waals surface area contributed by atoms with Crippen molar-refractivity contribution in [1.29, 1.82) is 0 Å². The van der Waals surface area contributed by atoms with Gasteiger partial charge < -0.3 is 5.32 Å². The number of hydrogen-bond acceptors (Lipinski definition) is 4. The number of rotatable bonds is 6. The second-order valence-electron chi connectivity index (χ2n) is 5.53. The van der Waals surface area contributed by atoms with Crippen molar-refractivity contribution in [1.82, 2.24) is 25.5 Å². The average Bonchev–Trinajstić information content (AvgIpc) is 3.13. The van der Waals surface area contributed by atoms with E-state index in [1.807, 2.05) is 12.1 Å². The van der Waals surface area contributed by atoms with Crippen LogP contribution in [-0.4, -0.2) is 32.7 Å². The zero-order valence-electron chi connectivity index (χ0n) is 13.5. The van der Waals surface area contributed by atoms with E-state index in [1.54, 1.807) is 24.7 Å². The predicted molar refractivity (Wildman–Crippen MR) is 93.7 cm³/mol. The number of amides is 2. The summed E-state index contributed by atoms with van der Waals surface area (Å²) in [6.07, 6.45) is 8.53. The highest BCUT2D eigenvalue weighted by molar-refractivity contribution is 5.90. The molecular formula is C17H20N6O. The van der Waals surface area contributed by atoms with Crippen LogP contribution in [-0.2, 0) is 0 Å². The maximum atomic E-state index is 11.9. The molecule has 0 radical (unpaired) electrons. The monoisotopic (exact) mass is 324 g/mol. The van der Waals surface area contributed by atoms with Gasteiger partial charge in [0.05, 0.1) is 17.2 Å². The summed E-state index contributed by atoms with van der Waals surface area (Å²) in [6, 6.07) is 5.28. The Balaban J connectivity index is 1.71. The summed E-state index contributed by atoms with van der Waals surface area (Å²) in [5, 5.41) is 12.3. The standard InChI is InChI=1S/C17H20N6O/c1-2-3-4-7-18-17(24)23-16-6-5-14-15(22-16)8-12(9-19-14)13-10-20-21-11-13/h5-6,8-11H,2-4,7H2,1H3,(H,20,21)(H2,18,22,23,24). The minimum Gasteiger partial charge on any atom is -0.338 e. The van der Waals surface area contributed by atoms with Crippen LogP contribution in [0.4, 0.5) is 10.6 Å². The lowest BCUT2D eigenvalue weighted by Gasteiger charge is -2.08. The number of nitrogens with one attached hydrogen (secondary N) is 3. The largest absolute Gasteiger partial charge is 0.338 e. The van der Waals surface area contributed by atoms with Crippen LogP contribution in [0, 0.1) is 0 Å². The molecule has 3 rings (SSSR count). The van der Waals surface area contributed by atoms with Gasteiger partial charge in [-0.05, 0) is 24.6 Å². The summed E-state index contributed by atoms with van der Waals surface area (Å²) in [5.74, 6) is 0.502. The van der Waals surface area contributed by atoms with Crippen LogP contribution < -0.4 is 10.6 Å². The number of aromatic nitrogens is 4. The van der Waals surface area contributed by atoms with E-state index < -0.39 is 0 Å². The van der Waals surface area contributed by atoms with Crippen molar-refractivity contribution in [2.45, 2.75) is 26.2 Å². The molecule has 0 bridgehead atoms. The Morgan fingerprint density at radius 2 is 2.08 bits per heavy atom. The van der Waals surface area contributed by atoms with E-state index in [4.69, 9.17) is 0 Å². The zero-order valence-corrected chi connectivity index (χ0v) is 13.5. The van der Waals surface area contributed by atoms with Crippen LogP contribution in [0.2, 0.25) is 0 Å². The average molecular weight is 324 g/mol. The van der Waals surface area contributed by atoms with Crippen molar-refractivity contribution in [2.24, 2.45) is 0 Å². The summed E-state index contributed by atoms with van der Waals surface area (Å²) in [7, 11) is 0. The number of H-pyrrole nitrogens is 1. The van der Waals surface area contributed by atoms with E-state index in [1.165, 1.54) is 0 Å². The molecule has 0 unspecified atom stereocenters. The Hall–Kier alpha value is -2.96. The van der Waals surface area contributed by atoms with Crippen LogP contribution in [0.1, 0.15) is 26.2 Å². The Morgan fingerprint density at radius 1 is 1.17 bits per heavy atom. The van der Waals surface area contributed by atoms with Gasteiger partial charge in [-0.25, -0.2) is 9.78 Å². The normalized spacial score (nSPS) is 10.7. The van der Waals surface area contributed by atoms with E-state index >= 15 is 0 Å². The van der Waals surface area contributed by atoms with Crippen LogP contribution in [0.5, 0.6) is 0 Å². The Labute approximate surface area is 139 Å². The molecule has 0 saturated heterocycles. The Morgan fingerprint density at radius 3 is 2.88 bits per heavy atom. The first-order chi connectivity index (χ1) is 11.8. The lowest BCUT2D eigenvalue weighted by atomic mass is 10.1. The van der Waals surface area contributed by atoms with Gasteiger partial charge in [0, 0.05) is 30.1 Å². The first-order valence-electron chi connectivity index (χ1n) is 8.07. The second-order valence-corrected chi connectivity index (χ2v) is 5.53. The van der Waals surface area contributed by atoms with Gasteiger partial charge in [-0.3, -0.25) is 15.4 Å². The third-order valence-corrected chi connectivity index (χ3v) is 3.68. The second kappa shape index (κ2) is 7.54. The number of unbranched alkanes of at least 4 members (excludes halogenated alkanes) is 2. The maximum Gasteiger partial charge on any atom is 0.320 e. The van der Waals surface area contributed by atoms with Crippen molar-refractivity contribution in [2.75, 3.05) is 11.9 Å². The number of pyridine rings is 2.